The highest BCUT2D eigenvalue weighted by molar-refractivity contribution is 5.98. The Labute approximate surface area is 162 Å². The van der Waals surface area contributed by atoms with Gasteiger partial charge in [0.25, 0.3) is 0 Å². The maximum absolute atomic E-state index is 13.3. The molecule has 1 aliphatic carbocycles. The first-order valence-electron chi connectivity index (χ1n) is 9.97. The predicted octanol–water partition coefficient (Wildman–Crippen LogP) is 5.36. The third-order valence-electron chi connectivity index (χ3n) is 5.43. The van der Waals surface area contributed by atoms with E-state index in [0.717, 1.165) is 41.0 Å². The van der Waals surface area contributed by atoms with Gasteiger partial charge in [-0.05, 0) is 34.6 Å². The molecule has 0 amide bonds. The smallest absolute Gasteiger partial charge is 0.323 e. The van der Waals surface area contributed by atoms with Gasteiger partial charge in [0.1, 0.15) is 5.41 Å². The number of esters is 1. The second-order valence-electron chi connectivity index (χ2n) is 7.81. The molecule has 3 rings (SSSR count). The molecule has 0 fully saturated rings. The zero-order chi connectivity index (χ0) is 19.3. The minimum Gasteiger partial charge on any atom is -0.465 e. The molecule has 0 aromatic heterocycles. The standard InChI is InChI=1S/C24H30O3/c1-18(2)11-5-4-10-16-27-23(25)24(17-26-3)21-14-8-6-12-19(21)20-13-7-9-15-22(20)24/h6-9,12-15,18H,4-5,10-11,16-17H2,1-3H3. The van der Waals surface area contributed by atoms with Crippen LogP contribution in [0.2, 0.25) is 0 Å². The van der Waals surface area contributed by atoms with Gasteiger partial charge < -0.3 is 9.47 Å². The molecule has 27 heavy (non-hydrogen) atoms. The van der Waals surface area contributed by atoms with E-state index in [0.29, 0.717) is 6.61 Å². The first-order chi connectivity index (χ1) is 13.1. The van der Waals surface area contributed by atoms with E-state index in [-0.39, 0.29) is 12.6 Å². The molecule has 0 spiro atoms. The maximum Gasteiger partial charge on any atom is 0.323 e. The molecular weight excluding hydrogens is 336 g/mol. The molecule has 0 unspecified atom stereocenters. The first-order valence-corrected chi connectivity index (χ1v) is 9.97. The number of carbonyl (C=O) groups excluding carboxylic acids is 1. The molecule has 0 N–H and O–H groups in total. The number of rotatable bonds is 9. The van der Waals surface area contributed by atoms with E-state index in [1.54, 1.807) is 7.11 Å². The molecular formula is C24H30O3. The van der Waals surface area contributed by atoms with Crippen molar-refractivity contribution in [2.45, 2.75) is 44.9 Å². The van der Waals surface area contributed by atoms with Crippen LogP contribution in [0.1, 0.15) is 50.7 Å². The van der Waals surface area contributed by atoms with Crippen molar-refractivity contribution in [1.82, 2.24) is 0 Å². The summed E-state index contributed by atoms with van der Waals surface area (Å²) in [6.45, 7) is 5.23. The topological polar surface area (TPSA) is 35.5 Å². The molecule has 3 nitrogen and oxygen atoms in total. The lowest BCUT2D eigenvalue weighted by Gasteiger charge is -2.29. The molecule has 0 saturated heterocycles. The molecule has 3 heteroatoms. The molecule has 144 valence electrons. The summed E-state index contributed by atoms with van der Waals surface area (Å²) in [6, 6.07) is 16.2. The third-order valence-corrected chi connectivity index (χ3v) is 5.43. The Morgan fingerprint density at radius 1 is 0.926 bits per heavy atom. The number of unbranched alkanes of at least 4 members (excludes halogenated alkanes) is 2. The Hall–Kier alpha value is -2.13. The van der Waals surface area contributed by atoms with Gasteiger partial charge in [0, 0.05) is 7.11 Å². The van der Waals surface area contributed by atoms with Gasteiger partial charge in [0.15, 0.2) is 0 Å². The number of hydrogen-bond acceptors (Lipinski definition) is 3. The van der Waals surface area contributed by atoms with Crippen LogP contribution in [0.25, 0.3) is 11.1 Å². The zero-order valence-corrected chi connectivity index (χ0v) is 16.7. The number of fused-ring (bicyclic) bond motifs is 3. The predicted molar refractivity (Wildman–Crippen MR) is 109 cm³/mol. The summed E-state index contributed by atoms with van der Waals surface area (Å²) in [5.41, 5.74) is 3.29. The van der Waals surface area contributed by atoms with Crippen LogP contribution < -0.4 is 0 Å². The van der Waals surface area contributed by atoms with Gasteiger partial charge in [-0.25, -0.2) is 0 Å². The Bertz CT molecular complexity index is 733. The molecule has 0 radical (unpaired) electrons. The van der Waals surface area contributed by atoms with Crippen molar-refractivity contribution in [3.63, 3.8) is 0 Å². The summed E-state index contributed by atoms with van der Waals surface area (Å²) in [5, 5.41) is 0. The van der Waals surface area contributed by atoms with E-state index in [1.807, 2.05) is 36.4 Å². The third kappa shape index (κ3) is 3.79. The van der Waals surface area contributed by atoms with Gasteiger partial charge in [-0.15, -0.1) is 0 Å². The second kappa shape index (κ2) is 8.71. The number of ether oxygens (including phenoxy) is 2. The van der Waals surface area contributed by atoms with Crippen molar-refractivity contribution in [1.29, 1.82) is 0 Å². The van der Waals surface area contributed by atoms with E-state index in [1.165, 1.54) is 12.8 Å². The molecule has 0 heterocycles. The van der Waals surface area contributed by atoms with Crippen molar-refractivity contribution in [3.05, 3.63) is 59.7 Å². The quantitative estimate of drug-likeness (QED) is 0.443. The highest BCUT2D eigenvalue weighted by atomic mass is 16.5. The van der Waals surface area contributed by atoms with Crippen molar-refractivity contribution in [2.75, 3.05) is 20.3 Å². The first kappa shape index (κ1) is 19.6. The number of carbonyl (C=O) groups is 1. The highest BCUT2D eigenvalue weighted by Crippen LogP contribution is 2.49. The van der Waals surface area contributed by atoms with Crippen LogP contribution in [0.5, 0.6) is 0 Å². The lowest BCUT2D eigenvalue weighted by atomic mass is 9.79. The lowest BCUT2D eigenvalue weighted by molar-refractivity contribution is -0.151. The molecule has 0 atom stereocenters. The minimum absolute atomic E-state index is 0.203. The van der Waals surface area contributed by atoms with Gasteiger partial charge in [0.05, 0.1) is 13.2 Å². The fourth-order valence-electron chi connectivity index (χ4n) is 4.10. The Kier molecular flexibility index (Phi) is 6.33. The van der Waals surface area contributed by atoms with E-state index in [2.05, 4.69) is 26.0 Å². The van der Waals surface area contributed by atoms with Crippen molar-refractivity contribution in [2.24, 2.45) is 5.92 Å². The van der Waals surface area contributed by atoms with E-state index in [4.69, 9.17) is 9.47 Å². The van der Waals surface area contributed by atoms with Crippen molar-refractivity contribution < 1.29 is 14.3 Å². The fraction of sp³-hybridized carbons (Fsp3) is 0.458. The fourth-order valence-corrected chi connectivity index (χ4v) is 4.10. The Morgan fingerprint density at radius 3 is 2.07 bits per heavy atom. The van der Waals surface area contributed by atoms with E-state index in [9.17, 15) is 4.79 Å². The van der Waals surface area contributed by atoms with Gasteiger partial charge >= 0.3 is 5.97 Å². The van der Waals surface area contributed by atoms with Crippen LogP contribution in [0.4, 0.5) is 0 Å². The largest absolute Gasteiger partial charge is 0.465 e. The summed E-state index contributed by atoms with van der Waals surface area (Å²) >= 11 is 0. The summed E-state index contributed by atoms with van der Waals surface area (Å²) in [7, 11) is 1.64. The average Bonchev–Trinajstić information content (AvgIpc) is 2.96. The van der Waals surface area contributed by atoms with Gasteiger partial charge in [-0.2, -0.15) is 0 Å². The van der Waals surface area contributed by atoms with E-state index >= 15 is 0 Å². The van der Waals surface area contributed by atoms with Crippen molar-refractivity contribution in [3.8, 4) is 11.1 Å². The van der Waals surface area contributed by atoms with Crippen LogP contribution in [-0.2, 0) is 19.7 Å². The minimum atomic E-state index is -0.875. The Morgan fingerprint density at radius 2 is 1.52 bits per heavy atom. The van der Waals surface area contributed by atoms with Gasteiger partial charge in [0.2, 0.25) is 0 Å². The van der Waals surface area contributed by atoms with Crippen LogP contribution in [-0.4, -0.2) is 26.3 Å². The van der Waals surface area contributed by atoms with Crippen LogP contribution >= 0.6 is 0 Å². The number of hydrogen-bond donors (Lipinski definition) is 0. The summed E-state index contributed by atoms with van der Waals surface area (Å²) < 4.78 is 11.3. The monoisotopic (exact) mass is 366 g/mol. The lowest BCUT2D eigenvalue weighted by Crippen LogP contribution is -2.41. The zero-order valence-electron chi connectivity index (χ0n) is 16.7. The Balaban J connectivity index is 1.80. The maximum atomic E-state index is 13.3. The molecule has 0 aliphatic heterocycles. The van der Waals surface area contributed by atoms with Crippen LogP contribution in [0, 0.1) is 5.92 Å². The van der Waals surface area contributed by atoms with Crippen LogP contribution in [0.15, 0.2) is 48.5 Å². The molecule has 0 saturated carbocycles. The summed E-state index contributed by atoms with van der Waals surface area (Å²) in [4.78, 5) is 13.3. The number of methoxy groups -OCH3 is 1. The van der Waals surface area contributed by atoms with Gasteiger partial charge in [-0.3, -0.25) is 4.79 Å². The molecule has 2 aromatic carbocycles. The normalized spacial score (nSPS) is 14.1. The van der Waals surface area contributed by atoms with E-state index < -0.39 is 5.41 Å². The summed E-state index contributed by atoms with van der Waals surface area (Å²) in [6.07, 6.45) is 4.41. The average molecular weight is 367 g/mol. The van der Waals surface area contributed by atoms with Crippen LogP contribution in [0.3, 0.4) is 0 Å². The van der Waals surface area contributed by atoms with Crippen molar-refractivity contribution >= 4 is 5.97 Å². The molecule has 0 bridgehead atoms. The molecule has 2 aromatic rings. The highest BCUT2D eigenvalue weighted by Gasteiger charge is 2.50. The number of benzene rings is 2. The second-order valence-corrected chi connectivity index (χ2v) is 7.81. The molecule has 1 aliphatic rings. The summed E-state index contributed by atoms with van der Waals surface area (Å²) in [5.74, 6) is 0.523. The SMILES string of the molecule is COCC1(C(=O)OCCCCCC(C)C)c2ccccc2-c2ccccc21. The van der Waals surface area contributed by atoms with Gasteiger partial charge in [-0.1, -0.05) is 81.6 Å².